The highest BCUT2D eigenvalue weighted by Crippen LogP contribution is 2.23. The predicted molar refractivity (Wildman–Crippen MR) is 110 cm³/mol. The van der Waals surface area contributed by atoms with Crippen molar-refractivity contribution in [3.8, 4) is 0 Å². The molecule has 3 aromatic rings. The largest absolute Gasteiger partial charge is 0.478 e. The first-order valence-corrected chi connectivity index (χ1v) is 8.75. The number of nitro benzene ring substituents is 1. The SMILES string of the molecule is Cc1ccc(N=Nc2ccc(NC(=O)c3cc([N+](=O)[O-])ccc3C(=O)O)cc2)cc1. The molecule has 3 rings (SSSR count). The van der Waals surface area contributed by atoms with Gasteiger partial charge < -0.3 is 10.4 Å². The Morgan fingerprint density at radius 3 is 2.00 bits per heavy atom. The molecule has 0 radical (unpaired) electrons. The molecule has 0 aliphatic heterocycles. The van der Waals surface area contributed by atoms with E-state index in [1.165, 1.54) is 0 Å². The quantitative estimate of drug-likeness (QED) is 0.328. The van der Waals surface area contributed by atoms with Crippen LogP contribution in [-0.4, -0.2) is 21.9 Å². The normalized spacial score (nSPS) is 10.7. The highest BCUT2D eigenvalue weighted by Gasteiger charge is 2.20. The summed E-state index contributed by atoms with van der Waals surface area (Å²) in [5.41, 5.74) is 1.72. The number of azo groups is 1. The molecule has 0 heterocycles. The number of rotatable bonds is 6. The maximum Gasteiger partial charge on any atom is 0.336 e. The van der Waals surface area contributed by atoms with Gasteiger partial charge in [-0.05, 0) is 49.4 Å². The third-order valence-corrected chi connectivity index (χ3v) is 4.13. The molecule has 0 spiro atoms. The Bertz CT molecular complexity index is 1140. The number of hydrogen-bond donors (Lipinski definition) is 2. The number of nitrogens with zero attached hydrogens (tertiary/aromatic N) is 3. The second-order valence-electron chi connectivity index (χ2n) is 6.33. The van der Waals surface area contributed by atoms with Crippen LogP contribution in [0.3, 0.4) is 0 Å². The smallest absolute Gasteiger partial charge is 0.336 e. The molecule has 0 aromatic heterocycles. The molecule has 3 aromatic carbocycles. The van der Waals surface area contributed by atoms with Crippen LogP contribution in [0, 0.1) is 17.0 Å². The van der Waals surface area contributed by atoms with Crippen LogP contribution in [0.5, 0.6) is 0 Å². The molecule has 30 heavy (non-hydrogen) atoms. The second kappa shape index (κ2) is 8.74. The van der Waals surface area contributed by atoms with E-state index in [4.69, 9.17) is 0 Å². The van der Waals surface area contributed by atoms with Gasteiger partial charge in [0, 0.05) is 17.8 Å². The lowest BCUT2D eigenvalue weighted by molar-refractivity contribution is -0.384. The van der Waals surface area contributed by atoms with Crippen LogP contribution in [0.2, 0.25) is 0 Å². The minimum absolute atomic E-state index is 0.306. The molecule has 9 nitrogen and oxygen atoms in total. The van der Waals surface area contributed by atoms with Gasteiger partial charge in [-0.1, -0.05) is 17.7 Å². The lowest BCUT2D eigenvalue weighted by atomic mass is 10.1. The zero-order chi connectivity index (χ0) is 21.7. The summed E-state index contributed by atoms with van der Waals surface area (Å²) in [5, 5.41) is 30.9. The lowest BCUT2D eigenvalue weighted by Gasteiger charge is -2.08. The van der Waals surface area contributed by atoms with E-state index in [0.29, 0.717) is 17.1 Å². The number of anilines is 1. The molecule has 2 N–H and O–H groups in total. The van der Waals surface area contributed by atoms with Gasteiger partial charge in [-0.2, -0.15) is 10.2 Å². The summed E-state index contributed by atoms with van der Waals surface area (Å²) >= 11 is 0. The molecule has 0 saturated carbocycles. The molecule has 150 valence electrons. The number of benzene rings is 3. The lowest BCUT2D eigenvalue weighted by Crippen LogP contribution is -2.16. The van der Waals surface area contributed by atoms with Crippen molar-refractivity contribution >= 4 is 34.6 Å². The Morgan fingerprint density at radius 2 is 1.47 bits per heavy atom. The third kappa shape index (κ3) is 4.90. The number of carbonyl (C=O) groups excluding carboxylic acids is 1. The van der Waals surface area contributed by atoms with E-state index in [-0.39, 0.29) is 16.8 Å². The fraction of sp³-hybridized carbons (Fsp3) is 0.0476. The van der Waals surface area contributed by atoms with Crippen molar-refractivity contribution in [2.45, 2.75) is 6.92 Å². The number of amides is 1. The van der Waals surface area contributed by atoms with E-state index in [1.54, 1.807) is 24.3 Å². The molecule has 1 amide bonds. The molecular weight excluding hydrogens is 388 g/mol. The number of aryl methyl sites for hydroxylation is 1. The van der Waals surface area contributed by atoms with Crippen molar-refractivity contribution in [3.63, 3.8) is 0 Å². The summed E-state index contributed by atoms with van der Waals surface area (Å²) in [5.74, 6) is -2.13. The Kier molecular flexibility index (Phi) is 5.92. The molecule has 0 atom stereocenters. The Morgan fingerprint density at radius 1 is 0.900 bits per heavy atom. The van der Waals surface area contributed by atoms with Crippen LogP contribution < -0.4 is 5.32 Å². The van der Waals surface area contributed by atoms with E-state index in [2.05, 4.69) is 15.5 Å². The number of nitro groups is 1. The van der Waals surface area contributed by atoms with Gasteiger partial charge in [0.25, 0.3) is 11.6 Å². The molecule has 9 heteroatoms. The standard InChI is InChI=1S/C21H16N4O5/c1-13-2-4-15(5-3-13)23-24-16-8-6-14(7-9-16)22-20(26)19-12-17(25(29)30)10-11-18(19)21(27)28/h2-12H,1H3,(H,22,26)(H,27,28). The van der Waals surface area contributed by atoms with Gasteiger partial charge in [-0.3, -0.25) is 14.9 Å². The van der Waals surface area contributed by atoms with Gasteiger partial charge >= 0.3 is 5.97 Å². The third-order valence-electron chi connectivity index (χ3n) is 4.13. The van der Waals surface area contributed by atoms with Gasteiger partial charge in [0.2, 0.25) is 0 Å². The second-order valence-corrected chi connectivity index (χ2v) is 6.33. The summed E-state index contributed by atoms with van der Waals surface area (Å²) in [6.45, 7) is 1.97. The average molecular weight is 404 g/mol. The van der Waals surface area contributed by atoms with Gasteiger partial charge in [-0.15, -0.1) is 0 Å². The first-order valence-electron chi connectivity index (χ1n) is 8.75. The van der Waals surface area contributed by atoms with Crippen molar-refractivity contribution in [3.05, 3.63) is 93.5 Å². The summed E-state index contributed by atoms with van der Waals surface area (Å²) in [6, 6.07) is 16.9. The number of nitrogens with one attached hydrogen (secondary N) is 1. The van der Waals surface area contributed by atoms with Crippen LogP contribution in [0.4, 0.5) is 22.7 Å². The van der Waals surface area contributed by atoms with E-state index in [1.807, 2.05) is 31.2 Å². The number of carboxylic acid groups (broad SMARTS) is 1. The zero-order valence-corrected chi connectivity index (χ0v) is 15.8. The highest BCUT2D eigenvalue weighted by molar-refractivity contribution is 6.11. The molecule has 0 aliphatic rings. The predicted octanol–water partition coefficient (Wildman–Crippen LogP) is 5.27. The van der Waals surface area contributed by atoms with Crippen LogP contribution in [-0.2, 0) is 0 Å². The number of aromatic carboxylic acids is 1. The van der Waals surface area contributed by atoms with E-state index in [9.17, 15) is 24.8 Å². The van der Waals surface area contributed by atoms with Crippen molar-refractivity contribution in [2.75, 3.05) is 5.32 Å². The summed E-state index contributed by atoms with van der Waals surface area (Å²) < 4.78 is 0. The number of hydrogen-bond acceptors (Lipinski definition) is 6. The first kappa shape index (κ1) is 20.3. The number of non-ortho nitro benzene ring substituents is 1. The van der Waals surface area contributed by atoms with Crippen LogP contribution in [0.25, 0.3) is 0 Å². The van der Waals surface area contributed by atoms with Crippen molar-refractivity contribution in [1.29, 1.82) is 0 Å². The van der Waals surface area contributed by atoms with Gasteiger partial charge in [0.1, 0.15) is 0 Å². The van der Waals surface area contributed by atoms with Gasteiger partial charge in [0.15, 0.2) is 0 Å². The highest BCUT2D eigenvalue weighted by atomic mass is 16.6. The van der Waals surface area contributed by atoms with Crippen LogP contribution in [0.1, 0.15) is 26.3 Å². The van der Waals surface area contributed by atoms with Gasteiger partial charge in [-0.25, -0.2) is 4.79 Å². The van der Waals surface area contributed by atoms with Gasteiger partial charge in [0.05, 0.1) is 27.4 Å². The zero-order valence-electron chi connectivity index (χ0n) is 15.8. The number of carboxylic acids is 1. The summed E-state index contributed by atoms with van der Waals surface area (Å²) in [4.78, 5) is 34.1. The Balaban J connectivity index is 1.76. The maximum absolute atomic E-state index is 12.5. The Labute approximate surface area is 170 Å². The maximum atomic E-state index is 12.5. The number of carbonyl (C=O) groups is 2. The molecule has 0 aliphatic carbocycles. The van der Waals surface area contributed by atoms with Crippen LogP contribution in [0.15, 0.2) is 77.0 Å². The van der Waals surface area contributed by atoms with E-state index in [0.717, 1.165) is 23.8 Å². The molecule has 0 fully saturated rings. The average Bonchev–Trinajstić information content (AvgIpc) is 2.73. The fourth-order valence-corrected chi connectivity index (χ4v) is 2.56. The minimum Gasteiger partial charge on any atom is -0.478 e. The molecule has 0 bridgehead atoms. The summed E-state index contributed by atoms with van der Waals surface area (Å²) in [7, 11) is 0. The van der Waals surface area contributed by atoms with E-state index >= 15 is 0 Å². The monoisotopic (exact) mass is 404 g/mol. The molecule has 0 saturated heterocycles. The Hall–Kier alpha value is -4.40. The molecule has 0 unspecified atom stereocenters. The van der Waals surface area contributed by atoms with Crippen molar-refractivity contribution < 1.29 is 19.6 Å². The first-order chi connectivity index (χ1) is 14.3. The topological polar surface area (TPSA) is 134 Å². The minimum atomic E-state index is -1.36. The molecular formula is C21H16N4O5. The van der Waals surface area contributed by atoms with Crippen molar-refractivity contribution in [2.24, 2.45) is 10.2 Å². The summed E-state index contributed by atoms with van der Waals surface area (Å²) in [6.07, 6.45) is 0. The van der Waals surface area contributed by atoms with Crippen molar-refractivity contribution in [1.82, 2.24) is 0 Å². The fourth-order valence-electron chi connectivity index (χ4n) is 2.56. The van der Waals surface area contributed by atoms with E-state index < -0.39 is 16.8 Å². The van der Waals surface area contributed by atoms with Crippen LogP contribution >= 0.6 is 0 Å².